The molecular weight excluding hydrogens is 154 g/mol. The van der Waals surface area contributed by atoms with E-state index in [0.29, 0.717) is 13.0 Å². The van der Waals surface area contributed by atoms with Crippen LogP contribution in [-0.2, 0) is 4.79 Å². The third-order valence-electron chi connectivity index (χ3n) is 1.55. The fraction of sp³-hybridized carbons (Fsp3) is 0.875. The number of hydrogen-bond acceptors (Lipinski definition) is 2. The lowest BCUT2D eigenvalue weighted by Crippen LogP contribution is -3.05. The van der Waals surface area contributed by atoms with Crippen molar-refractivity contribution in [1.82, 2.24) is 5.32 Å². The van der Waals surface area contributed by atoms with Crippen molar-refractivity contribution >= 4 is 5.91 Å². The van der Waals surface area contributed by atoms with E-state index in [1.165, 1.54) is 4.90 Å². The van der Waals surface area contributed by atoms with Gasteiger partial charge in [-0.25, -0.2) is 0 Å². The summed E-state index contributed by atoms with van der Waals surface area (Å²) in [6.07, 6.45) is 1.47. The number of carbonyl (C=O) groups is 1. The first kappa shape index (κ1) is 11.4. The van der Waals surface area contributed by atoms with Crippen LogP contribution >= 0.6 is 0 Å². The second-order valence-electron chi connectivity index (χ2n) is 3.20. The van der Waals surface area contributed by atoms with Gasteiger partial charge in [0, 0.05) is 25.9 Å². The molecule has 0 aromatic rings. The predicted molar refractivity (Wildman–Crippen MR) is 49.0 cm³/mol. The van der Waals surface area contributed by atoms with Crippen molar-refractivity contribution in [2.45, 2.75) is 12.8 Å². The van der Waals surface area contributed by atoms with Crippen LogP contribution in [0.3, 0.4) is 0 Å². The Hall–Kier alpha value is -0.610. The normalized spacial score (nSPS) is 10.3. The minimum Gasteiger partial charge on any atom is -0.356 e. The molecular formula is C8H20N3O+. The molecule has 72 valence electrons. The van der Waals surface area contributed by atoms with E-state index in [9.17, 15) is 4.79 Å². The minimum atomic E-state index is 0.0613. The number of rotatable bonds is 6. The van der Waals surface area contributed by atoms with Crippen LogP contribution in [0, 0.1) is 0 Å². The summed E-state index contributed by atoms with van der Waals surface area (Å²) in [5.74, 6) is 0.0613. The number of carbonyl (C=O) groups excluding carboxylic acids is 1. The van der Waals surface area contributed by atoms with Crippen molar-refractivity contribution in [2.24, 2.45) is 5.73 Å². The van der Waals surface area contributed by atoms with Gasteiger partial charge in [0.15, 0.2) is 0 Å². The Morgan fingerprint density at radius 3 is 2.67 bits per heavy atom. The summed E-state index contributed by atoms with van der Waals surface area (Å²) < 4.78 is 0. The van der Waals surface area contributed by atoms with E-state index < -0.39 is 0 Å². The average molecular weight is 174 g/mol. The molecule has 0 atom stereocenters. The summed E-state index contributed by atoms with van der Waals surface area (Å²) in [6, 6.07) is 0. The molecule has 0 aliphatic carbocycles. The van der Waals surface area contributed by atoms with Crippen molar-refractivity contribution in [3.63, 3.8) is 0 Å². The molecule has 0 aliphatic rings. The quantitative estimate of drug-likeness (QED) is 0.407. The molecule has 0 radical (unpaired) electrons. The van der Waals surface area contributed by atoms with E-state index in [-0.39, 0.29) is 5.91 Å². The number of amides is 1. The first-order valence-electron chi connectivity index (χ1n) is 4.42. The lowest BCUT2D eigenvalue weighted by molar-refractivity contribution is -0.858. The highest BCUT2D eigenvalue weighted by Gasteiger charge is 1.98. The molecule has 0 unspecified atom stereocenters. The van der Waals surface area contributed by atoms with Crippen molar-refractivity contribution in [3.05, 3.63) is 0 Å². The molecule has 0 saturated carbocycles. The lowest BCUT2D eigenvalue weighted by Gasteiger charge is -2.07. The molecule has 0 aliphatic heterocycles. The summed E-state index contributed by atoms with van der Waals surface area (Å²) in [5.41, 5.74) is 5.22. The summed E-state index contributed by atoms with van der Waals surface area (Å²) >= 11 is 0. The molecule has 0 heterocycles. The molecule has 4 heteroatoms. The largest absolute Gasteiger partial charge is 0.356 e. The minimum absolute atomic E-state index is 0.0613. The van der Waals surface area contributed by atoms with Gasteiger partial charge < -0.3 is 16.0 Å². The molecule has 0 bridgehead atoms. The van der Waals surface area contributed by atoms with Crippen LogP contribution in [0.25, 0.3) is 0 Å². The van der Waals surface area contributed by atoms with E-state index in [0.717, 1.165) is 19.5 Å². The molecule has 0 rings (SSSR count). The first-order chi connectivity index (χ1) is 5.66. The summed E-state index contributed by atoms with van der Waals surface area (Å²) in [7, 11) is 4.20. The Morgan fingerprint density at radius 1 is 1.50 bits per heavy atom. The zero-order chi connectivity index (χ0) is 9.40. The van der Waals surface area contributed by atoms with Crippen molar-refractivity contribution in [3.8, 4) is 0 Å². The third kappa shape index (κ3) is 7.50. The maximum absolute atomic E-state index is 10.9. The molecule has 0 aromatic heterocycles. The summed E-state index contributed by atoms with van der Waals surface area (Å²) in [5, 5.41) is 2.81. The Balaban J connectivity index is 3.14. The Labute approximate surface area is 74.1 Å². The van der Waals surface area contributed by atoms with Gasteiger partial charge in [0.05, 0.1) is 20.6 Å². The molecule has 0 fully saturated rings. The zero-order valence-corrected chi connectivity index (χ0v) is 8.02. The number of hydrogen-bond donors (Lipinski definition) is 3. The van der Waals surface area contributed by atoms with Gasteiger partial charge in [-0.3, -0.25) is 4.79 Å². The van der Waals surface area contributed by atoms with E-state index >= 15 is 0 Å². The third-order valence-corrected chi connectivity index (χ3v) is 1.55. The molecule has 1 amide bonds. The second kappa shape index (κ2) is 7.06. The highest BCUT2D eigenvalue weighted by Crippen LogP contribution is 1.75. The molecule has 0 spiro atoms. The molecule has 0 aromatic carbocycles. The first-order valence-corrected chi connectivity index (χ1v) is 4.42. The van der Waals surface area contributed by atoms with Crippen LogP contribution in [0.1, 0.15) is 12.8 Å². The Kier molecular flexibility index (Phi) is 6.70. The fourth-order valence-electron chi connectivity index (χ4n) is 0.889. The van der Waals surface area contributed by atoms with Crippen LogP contribution in [0.5, 0.6) is 0 Å². The van der Waals surface area contributed by atoms with Crippen molar-refractivity contribution in [1.29, 1.82) is 0 Å². The zero-order valence-electron chi connectivity index (χ0n) is 8.02. The molecule has 12 heavy (non-hydrogen) atoms. The molecule has 4 N–H and O–H groups in total. The number of quaternary nitrogens is 1. The smallest absolute Gasteiger partial charge is 0.221 e. The van der Waals surface area contributed by atoms with Gasteiger partial charge in [-0.05, 0) is 0 Å². The summed E-state index contributed by atoms with van der Waals surface area (Å²) in [6.45, 7) is 2.29. The standard InChI is InChI=1S/C8H19N3O/c1-11(2)7-3-6-10-8(12)4-5-9/h3-7,9H2,1-2H3,(H,10,12)/p+1. The van der Waals surface area contributed by atoms with E-state index in [2.05, 4.69) is 19.4 Å². The summed E-state index contributed by atoms with van der Waals surface area (Å²) in [4.78, 5) is 12.3. The van der Waals surface area contributed by atoms with Crippen molar-refractivity contribution in [2.75, 3.05) is 33.7 Å². The maximum Gasteiger partial charge on any atom is 0.221 e. The van der Waals surface area contributed by atoms with Gasteiger partial charge in [0.25, 0.3) is 0 Å². The number of nitrogens with one attached hydrogen (secondary N) is 2. The highest BCUT2D eigenvalue weighted by atomic mass is 16.1. The lowest BCUT2D eigenvalue weighted by atomic mass is 10.3. The fourth-order valence-corrected chi connectivity index (χ4v) is 0.889. The van der Waals surface area contributed by atoms with Gasteiger partial charge in [-0.2, -0.15) is 0 Å². The van der Waals surface area contributed by atoms with E-state index in [4.69, 9.17) is 5.73 Å². The highest BCUT2D eigenvalue weighted by molar-refractivity contribution is 5.75. The Morgan fingerprint density at radius 2 is 2.17 bits per heavy atom. The van der Waals surface area contributed by atoms with Crippen molar-refractivity contribution < 1.29 is 9.69 Å². The molecule has 0 saturated heterocycles. The second-order valence-corrected chi connectivity index (χ2v) is 3.20. The predicted octanol–water partition coefficient (Wildman–Crippen LogP) is -2.01. The Bertz CT molecular complexity index is 125. The van der Waals surface area contributed by atoms with E-state index in [1.54, 1.807) is 0 Å². The van der Waals surface area contributed by atoms with Crippen LogP contribution < -0.4 is 16.0 Å². The van der Waals surface area contributed by atoms with Crippen LogP contribution in [-0.4, -0.2) is 39.6 Å². The monoisotopic (exact) mass is 174 g/mol. The van der Waals surface area contributed by atoms with Gasteiger partial charge in [0.2, 0.25) is 5.91 Å². The van der Waals surface area contributed by atoms with Crippen LogP contribution in [0.4, 0.5) is 0 Å². The van der Waals surface area contributed by atoms with Gasteiger partial charge in [-0.15, -0.1) is 0 Å². The van der Waals surface area contributed by atoms with E-state index in [1.807, 2.05) is 0 Å². The molecule has 4 nitrogen and oxygen atoms in total. The topological polar surface area (TPSA) is 59.6 Å². The maximum atomic E-state index is 10.9. The van der Waals surface area contributed by atoms with Crippen LogP contribution in [0.2, 0.25) is 0 Å². The number of nitrogens with two attached hydrogens (primary N) is 1. The average Bonchev–Trinajstić information content (AvgIpc) is 1.98. The van der Waals surface area contributed by atoms with Gasteiger partial charge in [-0.1, -0.05) is 0 Å². The van der Waals surface area contributed by atoms with Gasteiger partial charge in [0.1, 0.15) is 0 Å². The SMILES string of the molecule is C[NH+](C)CCCNC(=O)CCN. The van der Waals surface area contributed by atoms with Gasteiger partial charge >= 0.3 is 0 Å². The van der Waals surface area contributed by atoms with Crippen LogP contribution in [0.15, 0.2) is 0 Å².